The Morgan fingerprint density at radius 3 is 2.74 bits per heavy atom. The molecule has 7 heteroatoms. The van der Waals surface area contributed by atoms with Gasteiger partial charge in [0.25, 0.3) is 0 Å². The van der Waals surface area contributed by atoms with Crippen molar-refractivity contribution in [1.82, 2.24) is 25.4 Å². The van der Waals surface area contributed by atoms with Crippen molar-refractivity contribution in [1.29, 1.82) is 0 Å². The molecule has 1 aromatic heterocycles. The summed E-state index contributed by atoms with van der Waals surface area (Å²) >= 11 is 0. The van der Waals surface area contributed by atoms with Gasteiger partial charge in [-0.15, -0.1) is 10.2 Å². The molecule has 0 aromatic carbocycles. The number of nitrogens with zero attached hydrogens (tertiary/aromatic N) is 3. The van der Waals surface area contributed by atoms with Gasteiger partial charge in [-0.05, 0) is 37.5 Å². The molecule has 1 aliphatic rings. The molecule has 0 bridgehead atoms. The molecule has 2 rings (SSSR count). The number of rotatable bonds is 4. The van der Waals surface area contributed by atoms with Crippen molar-refractivity contribution >= 4 is 6.03 Å². The molecule has 7 nitrogen and oxygen atoms in total. The Labute approximate surface area is 137 Å². The number of carbonyl (C=O) groups is 1. The quantitative estimate of drug-likeness (QED) is 0.787. The largest absolute Gasteiger partial charge is 0.394 e. The zero-order chi connectivity index (χ0) is 17.3. The van der Waals surface area contributed by atoms with E-state index in [0.717, 1.165) is 19.3 Å². The van der Waals surface area contributed by atoms with Gasteiger partial charge in [0.05, 0.1) is 18.2 Å². The lowest BCUT2D eigenvalue weighted by molar-refractivity contribution is 0.0430. The molecule has 3 N–H and O–H groups in total. The molecule has 2 amide bonds. The van der Waals surface area contributed by atoms with Gasteiger partial charge in [0.2, 0.25) is 0 Å². The second-order valence-corrected chi connectivity index (χ2v) is 7.91. The van der Waals surface area contributed by atoms with E-state index in [9.17, 15) is 9.90 Å². The molecule has 0 aliphatic heterocycles. The average Bonchev–Trinajstić information content (AvgIpc) is 2.82. The van der Waals surface area contributed by atoms with Crippen molar-refractivity contribution in [3.63, 3.8) is 0 Å². The Kier molecular flexibility index (Phi) is 4.98. The lowest BCUT2D eigenvalue weighted by Gasteiger charge is -2.47. The van der Waals surface area contributed by atoms with Crippen LogP contribution in [0.5, 0.6) is 0 Å². The maximum Gasteiger partial charge on any atom is 0.315 e. The molecule has 0 radical (unpaired) electrons. The number of amides is 2. The Hall–Kier alpha value is -1.63. The summed E-state index contributed by atoms with van der Waals surface area (Å²) in [5, 5.41) is 23.7. The van der Waals surface area contributed by atoms with Gasteiger partial charge >= 0.3 is 6.03 Å². The molecule has 130 valence electrons. The fourth-order valence-corrected chi connectivity index (χ4v) is 4.22. The summed E-state index contributed by atoms with van der Waals surface area (Å²) in [5.41, 5.74) is -0.465. The number of hydrogen-bond donors (Lipinski definition) is 3. The van der Waals surface area contributed by atoms with Crippen LogP contribution < -0.4 is 10.6 Å². The van der Waals surface area contributed by atoms with Crippen LogP contribution in [0.4, 0.5) is 4.79 Å². The predicted molar refractivity (Wildman–Crippen MR) is 87.7 cm³/mol. The number of aliphatic hydroxyl groups is 1. The fourth-order valence-electron chi connectivity index (χ4n) is 4.22. The highest BCUT2D eigenvalue weighted by Crippen LogP contribution is 2.43. The van der Waals surface area contributed by atoms with Crippen LogP contribution in [0, 0.1) is 11.3 Å². The molecule has 3 atom stereocenters. The molecule has 0 saturated heterocycles. The Morgan fingerprint density at radius 2 is 2.22 bits per heavy atom. The number of aromatic nitrogens is 3. The molecule has 0 spiro atoms. The van der Waals surface area contributed by atoms with Crippen LogP contribution >= 0.6 is 0 Å². The van der Waals surface area contributed by atoms with Crippen LogP contribution in [0.3, 0.4) is 0 Å². The van der Waals surface area contributed by atoms with E-state index in [1.54, 1.807) is 10.9 Å². The lowest BCUT2D eigenvalue weighted by Crippen LogP contribution is -2.59. The number of nitrogens with one attached hydrogen (secondary N) is 2. The SMILES string of the molecule is C[C@@H]1CC(C)(C)C[C@@](CO)(NC(=O)N[C@@H](C)c2nncn2C)C1. The van der Waals surface area contributed by atoms with Crippen molar-refractivity contribution in [2.24, 2.45) is 18.4 Å². The van der Waals surface area contributed by atoms with Gasteiger partial charge in [-0.1, -0.05) is 20.8 Å². The summed E-state index contributed by atoms with van der Waals surface area (Å²) in [5.74, 6) is 1.15. The van der Waals surface area contributed by atoms with E-state index >= 15 is 0 Å². The monoisotopic (exact) mass is 323 g/mol. The second-order valence-electron chi connectivity index (χ2n) is 7.91. The minimum Gasteiger partial charge on any atom is -0.394 e. The van der Waals surface area contributed by atoms with E-state index in [4.69, 9.17) is 0 Å². The first-order valence-electron chi connectivity index (χ1n) is 8.20. The third-order valence-electron chi connectivity index (χ3n) is 4.62. The highest BCUT2D eigenvalue weighted by atomic mass is 16.3. The van der Waals surface area contributed by atoms with E-state index < -0.39 is 5.54 Å². The van der Waals surface area contributed by atoms with E-state index in [1.807, 2.05) is 14.0 Å². The highest BCUT2D eigenvalue weighted by Gasteiger charge is 2.43. The van der Waals surface area contributed by atoms with Crippen molar-refractivity contribution in [3.8, 4) is 0 Å². The first kappa shape index (κ1) is 17.7. The number of hydrogen-bond acceptors (Lipinski definition) is 4. The molecule has 23 heavy (non-hydrogen) atoms. The number of aryl methyl sites for hydroxylation is 1. The highest BCUT2D eigenvalue weighted by molar-refractivity contribution is 5.75. The van der Waals surface area contributed by atoms with Crippen LogP contribution in [0.15, 0.2) is 6.33 Å². The van der Waals surface area contributed by atoms with E-state index in [0.29, 0.717) is 11.7 Å². The maximum absolute atomic E-state index is 12.4. The van der Waals surface area contributed by atoms with Crippen molar-refractivity contribution in [2.45, 2.75) is 58.5 Å². The Morgan fingerprint density at radius 1 is 1.52 bits per heavy atom. The molecule has 1 saturated carbocycles. The molecule has 1 aromatic rings. The van der Waals surface area contributed by atoms with E-state index in [2.05, 4.69) is 41.6 Å². The maximum atomic E-state index is 12.4. The van der Waals surface area contributed by atoms with Crippen molar-refractivity contribution in [3.05, 3.63) is 12.2 Å². The fraction of sp³-hybridized carbons (Fsp3) is 0.812. The molecular weight excluding hydrogens is 294 g/mol. The Balaban J connectivity index is 2.03. The van der Waals surface area contributed by atoms with Crippen LogP contribution in [0.2, 0.25) is 0 Å². The summed E-state index contributed by atoms with van der Waals surface area (Å²) < 4.78 is 1.78. The summed E-state index contributed by atoms with van der Waals surface area (Å²) in [6, 6.07) is -0.535. The van der Waals surface area contributed by atoms with Crippen LogP contribution in [-0.4, -0.2) is 38.0 Å². The van der Waals surface area contributed by atoms with Crippen LogP contribution in [0.1, 0.15) is 58.8 Å². The van der Waals surface area contributed by atoms with Gasteiger partial charge in [-0.3, -0.25) is 0 Å². The summed E-state index contributed by atoms with van der Waals surface area (Å²) in [7, 11) is 1.84. The van der Waals surface area contributed by atoms with Gasteiger partial charge in [-0.25, -0.2) is 4.79 Å². The summed E-state index contributed by atoms with van der Waals surface area (Å²) in [4.78, 5) is 12.4. The van der Waals surface area contributed by atoms with E-state index in [1.165, 1.54) is 0 Å². The third kappa shape index (κ3) is 4.22. The number of carbonyl (C=O) groups excluding carboxylic acids is 1. The normalized spacial score (nSPS) is 28.2. The lowest BCUT2D eigenvalue weighted by atomic mass is 9.64. The van der Waals surface area contributed by atoms with Crippen LogP contribution in [-0.2, 0) is 7.05 Å². The van der Waals surface area contributed by atoms with Crippen molar-refractivity contribution in [2.75, 3.05) is 6.61 Å². The van der Waals surface area contributed by atoms with Gasteiger partial charge < -0.3 is 20.3 Å². The van der Waals surface area contributed by atoms with Gasteiger partial charge in [0.1, 0.15) is 6.33 Å². The first-order valence-corrected chi connectivity index (χ1v) is 8.20. The van der Waals surface area contributed by atoms with Crippen LogP contribution in [0.25, 0.3) is 0 Å². The van der Waals surface area contributed by atoms with Crippen molar-refractivity contribution < 1.29 is 9.90 Å². The standard InChI is InChI=1S/C16H29N5O2/c1-11-6-15(3,4)8-16(7-11,9-22)19-14(23)18-12(2)13-20-17-10-21(13)5/h10-12,22H,6-9H2,1-5H3,(H2,18,19,23)/t11-,12+,16+/m1/s1. The smallest absolute Gasteiger partial charge is 0.315 e. The summed E-state index contributed by atoms with van der Waals surface area (Å²) in [6.45, 7) is 8.37. The average molecular weight is 323 g/mol. The zero-order valence-corrected chi connectivity index (χ0v) is 14.8. The second kappa shape index (κ2) is 6.47. The van der Waals surface area contributed by atoms with Gasteiger partial charge in [0.15, 0.2) is 5.82 Å². The number of urea groups is 1. The molecular formula is C16H29N5O2. The number of aliphatic hydroxyl groups excluding tert-OH is 1. The minimum atomic E-state index is -0.565. The van der Waals surface area contributed by atoms with Gasteiger partial charge in [-0.2, -0.15) is 0 Å². The van der Waals surface area contributed by atoms with Gasteiger partial charge in [0, 0.05) is 7.05 Å². The topological polar surface area (TPSA) is 92.1 Å². The third-order valence-corrected chi connectivity index (χ3v) is 4.62. The predicted octanol–water partition coefficient (Wildman–Crippen LogP) is 1.75. The molecule has 1 heterocycles. The molecule has 1 fully saturated rings. The Bertz CT molecular complexity index is 556. The van der Waals surface area contributed by atoms with E-state index in [-0.39, 0.29) is 24.1 Å². The zero-order valence-electron chi connectivity index (χ0n) is 14.8. The minimum absolute atomic E-state index is 0.0491. The molecule has 1 aliphatic carbocycles. The first-order chi connectivity index (χ1) is 10.7. The molecule has 0 unspecified atom stereocenters. The summed E-state index contributed by atoms with van der Waals surface area (Å²) in [6.07, 6.45) is 4.27.